The van der Waals surface area contributed by atoms with Crippen LogP contribution in [0.2, 0.25) is 0 Å². The van der Waals surface area contributed by atoms with E-state index in [1.807, 2.05) is 12.1 Å². The minimum atomic E-state index is -0.721. The number of rotatable bonds is 3. The molecule has 2 heterocycles. The number of anilines is 2. The predicted molar refractivity (Wildman–Crippen MR) is 127 cm³/mol. The summed E-state index contributed by atoms with van der Waals surface area (Å²) in [6.07, 6.45) is -0.699. The number of fused-ring (bicyclic) bond motifs is 1. The Hall–Kier alpha value is -3.59. The molecule has 3 aromatic rings. The number of piperazine rings is 1. The third-order valence-electron chi connectivity index (χ3n) is 5.46. The molecule has 33 heavy (non-hydrogen) atoms. The molecule has 0 atom stereocenters. The van der Waals surface area contributed by atoms with Gasteiger partial charge in [0.25, 0.3) is 5.91 Å². The van der Waals surface area contributed by atoms with Crippen molar-refractivity contribution in [3.8, 4) is 5.75 Å². The van der Waals surface area contributed by atoms with E-state index >= 15 is 0 Å². The summed E-state index contributed by atoms with van der Waals surface area (Å²) in [6.45, 7) is 9.16. The molecule has 0 unspecified atom stereocenters. The fourth-order valence-electron chi connectivity index (χ4n) is 3.71. The van der Waals surface area contributed by atoms with Crippen LogP contribution in [0.5, 0.6) is 5.75 Å². The van der Waals surface area contributed by atoms with E-state index in [1.165, 1.54) is 12.1 Å². The zero-order valence-electron chi connectivity index (χ0n) is 19.3. The monoisotopic (exact) mass is 451 g/mol. The maximum absolute atomic E-state index is 12.9. The van der Waals surface area contributed by atoms with Crippen LogP contribution in [0.15, 0.2) is 42.5 Å². The highest BCUT2D eigenvalue weighted by Gasteiger charge is 2.23. The number of nitrogens with zero attached hydrogens (tertiary/aromatic N) is 4. The number of ether oxygens (including phenoxy) is 1. The lowest BCUT2D eigenvalue weighted by Crippen LogP contribution is -2.44. The number of phenolic OH excluding ortho intramolecular Hbond substituents is 1. The molecule has 0 bridgehead atoms. The van der Waals surface area contributed by atoms with Gasteiger partial charge in [-0.15, -0.1) is 5.10 Å². The number of benzene rings is 2. The van der Waals surface area contributed by atoms with Crippen LogP contribution >= 0.6 is 0 Å². The predicted octanol–water partition coefficient (Wildman–Crippen LogP) is 3.53. The number of phenols is 1. The minimum Gasteiger partial charge on any atom is -0.508 e. The number of carbonyl (C=O) groups is 2. The van der Waals surface area contributed by atoms with Gasteiger partial charge in [0.05, 0.1) is 5.52 Å². The standard InChI is InChI=1S/C24H29N5O4/c1-24(2,3)33-23(32)29-20-15-18(30)9-10-19(20)21(26-29)25-22(31)16-5-7-17(8-6-16)28-13-11-27(4)12-14-28/h5-10,15,30H,11-14H2,1-4H3,(H,25,26,31). The molecule has 174 valence electrons. The van der Waals surface area contributed by atoms with Crippen LogP contribution in [0.25, 0.3) is 10.9 Å². The van der Waals surface area contributed by atoms with Crippen LogP contribution in [0.1, 0.15) is 31.1 Å². The van der Waals surface area contributed by atoms with E-state index in [0.717, 1.165) is 36.5 Å². The third kappa shape index (κ3) is 5.09. The zero-order chi connectivity index (χ0) is 23.8. The molecule has 9 nitrogen and oxygen atoms in total. The Labute approximate surface area is 192 Å². The van der Waals surface area contributed by atoms with E-state index in [9.17, 15) is 14.7 Å². The van der Waals surface area contributed by atoms with Gasteiger partial charge in [-0.05, 0) is 64.2 Å². The van der Waals surface area contributed by atoms with E-state index in [4.69, 9.17) is 4.74 Å². The van der Waals surface area contributed by atoms with Crippen LogP contribution < -0.4 is 10.2 Å². The molecule has 1 fully saturated rings. The van der Waals surface area contributed by atoms with Crippen LogP contribution in [-0.4, -0.2) is 70.6 Å². The maximum atomic E-state index is 12.9. The summed E-state index contributed by atoms with van der Waals surface area (Å²) < 4.78 is 6.46. The lowest BCUT2D eigenvalue weighted by Gasteiger charge is -2.34. The van der Waals surface area contributed by atoms with Crippen molar-refractivity contribution in [2.45, 2.75) is 26.4 Å². The summed E-state index contributed by atoms with van der Waals surface area (Å²) in [5, 5.41) is 17.5. The molecule has 1 aromatic heterocycles. The van der Waals surface area contributed by atoms with Crippen molar-refractivity contribution in [1.82, 2.24) is 14.7 Å². The molecule has 0 saturated carbocycles. The zero-order valence-corrected chi connectivity index (χ0v) is 19.3. The maximum Gasteiger partial charge on any atom is 0.435 e. The molecule has 0 aliphatic carbocycles. The van der Waals surface area contributed by atoms with Gasteiger partial charge in [-0.3, -0.25) is 4.79 Å². The third-order valence-corrected chi connectivity index (χ3v) is 5.46. The second-order valence-corrected chi connectivity index (χ2v) is 9.23. The Morgan fingerprint density at radius 2 is 1.70 bits per heavy atom. The van der Waals surface area contributed by atoms with Crippen LogP contribution in [0.4, 0.5) is 16.3 Å². The number of hydrogen-bond acceptors (Lipinski definition) is 7. The first kappa shape index (κ1) is 22.6. The van der Waals surface area contributed by atoms with E-state index in [2.05, 4.69) is 27.3 Å². The van der Waals surface area contributed by atoms with Gasteiger partial charge < -0.3 is 25.0 Å². The van der Waals surface area contributed by atoms with Gasteiger partial charge >= 0.3 is 6.09 Å². The quantitative estimate of drug-likeness (QED) is 0.628. The highest BCUT2D eigenvalue weighted by Crippen LogP contribution is 2.28. The number of likely N-dealkylation sites (N-methyl/N-ethyl adjacent to an activating group) is 1. The lowest BCUT2D eigenvalue weighted by atomic mass is 10.1. The first-order chi connectivity index (χ1) is 15.6. The second-order valence-electron chi connectivity index (χ2n) is 9.23. The summed E-state index contributed by atoms with van der Waals surface area (Å²) >= 11 is 0. The Morgan fingerprint density at radius 1 is 1.03 bits per heavy atom. The van der Waals surface area contributed by atoms with Gasteiger partial charge in [0.15, 0.2) is 5.82 Å². The van der Waals surface area contributed by atoms with Gasteiger partial charge in [0, 0.05) is 48.9 Å². The highest BCUT2D eigenvalue weighted by atomic mass is 16.6. The number of hydrogen-bond donors (Lipinski definition) is 2. The van der Waals surface area contributed by atoms with Crippen molar-refractivity contribution in [2.75, 3.05) is 43.4 Å². The molecular formula is C24H29N5O4. The van der Waals surface area contributed by atoms with Crippen molar-refractivity contribution >= 4 is 34.4 Å². The molecule has 2 aromatic carbocycles. The van der Waals surface area contributed by atoms with E-state index < -0.39 is 11.7 Å². The van der Waals surface area contributed by atoms with Crippen molar-refractivity contribution in [3.63, 3.8) is 0 Å². The molecule has 1 amide bonds. The lowest BCUT2D eigenvalue weighted by molar-refractivity contribution is 0.0522. The SMILES string of the molecule is CN1CCN(c2ccc(C(=O)Nc3nn(C(=O)OC(C)(C)C)c4cc(O)ccc34)cc2)CC1. The fraction of sp³-hybridized carbons (Fsp3) is 0.375. The summed E-state index contributed by atoms with van der Waals surface area (Å²) in [5.41, 5.74) is 1.17. The normalized spacial score (nSPS) is 15.0. The first-order valence-corrected chi connectivity index (χ1v) is 10.9. The molecule has 2 N–H and O–H groups in total. The van der Waals surface area contributed by atoms with Crippen molar-refractivity contribution < 1.29 is 19.4 Å². The fourth-order valence-corrected chi connectivity index (χ4v) is 3.71. The van der Waals surface area contributed by atoms with Crippen molar-refractivity contribution in [3.05, 3.63) is 48.0 Å². The average molecular weight is 452 g/mol. The Bertz CT molecular complexity index is 1170. The van der Waals surface area contributed by atoms with Gasteiger partial charge in [0.1, 0.15) is 11.4 Å². The topological polar surface area (TPSA) is 99.9 Å². The Balaban J connectivity index is 1.56. The van der Waals surface area contributed by atoms with Gasteiger partial charge in [0.2, 0.25) is 0 Å². The molecule has 0 radical (unpaired) electrons. The molecule has 1 aliphatic heterocycles. The summed E-state index contributed by atoms with van der Waals surface area (Å²) in [6, 6.07) is 11.9. The molecule has 4 rings (SSSR count). The second kappa shape index (κ2) is 8.74. The van der Waals surface area contributed by atoms with Gasteiger partial charge in [-0.2, -0.15) is 4.68 Å². The largest absolute Gasteiger partial charge is 0.508 e. The van der Waals surface area contributed by atoms with Crippen LogP contribution in [0, 0.1) is 0 Å². The number of aromatic hydroxyl groups is 1. The Kier molecular flexibility index (Phi) is 5.99. The highest BCUT2D eigenvalue weighted by molar-refractivity contribution is 6.09. The van der Waals surface area contributed by atoms with E-state index in [1.54, 1.807) is 39.0 Å². The minimum absolute atomic E-state index is 0.0235. The number of amides is 1. The molecule has 1 aliphatic rings. The van der Waals surface area contributed by atoms with Crippen LogP contribution in [0.3, 0.4) is 0 Å². The van der Waals surface area contributed by atoms with Gasteiger partial charge in [-0.25, -0.2) is 4.79 Å². The molecule has 9 heteroatoms. The molecule has 0 spiro atoms. The molecular weight excluding hydrogens is 422 g/mol. The number of carbonyl (C=O) groups excluding carboxylic acids is 2. The Morgan fingerprint density at radius 3 is 2.33 bits per heavy atom. The smallest absolute Gasteiger partial charge is 0.435 e. The van der Waals surface area contributed by atoms with E-state index in [-0.39, 0.29) is 17.5 Å². The van der Waals surface area contributed by atoms with Crippen LogP contribution in [-0.2, 0) is 4.74 Å². The summed E-state index contributed by atoms with van der Waals surface area (Å²) in [5.74, 6) is -0.155. The summed E-state index contributed by atoms with van der Waals surface area (Å²) in [7, 11) is 2.11. The average Bonchev–Trinajstić information content (AvgIpc) is 3.11. The summed E-state index contributed by atoms with van der Waals surface area (Å²) in [4.78, 5) is 30.1. The molecule has 1 saturated heterocycles. The van der Waals surface area contributed by atoms with E-state index in [0.29, 0.717) is 16.5 Å². The van der Waals surface area contributed by atoms with Crippen molar-refractivity contribution in [2.24, 2.45) is 0 Å². The van der Waals surface area contributed by atoms with Crippen molar-refractivity contribution in [1.29, 1.82) is 0 Å². The van der Waals surface area contributed by atoms with Gasteiger partial charge in [-0.1, -0.05) is 0 Å². The number of nitrogens with one attached hydrogen (secondary N) is 1. The number of aromatic nitrogens is 2. The first-order valence-electron chi connectivity index (χ1n) is 10.9.